The standard InChI is InChI=1S/C19H23BrClNO3.ClH/c1-3-15(11-23)22-10-13-8-16(20)19(18(9-13)24-2)25-12-14-6-4-5-7-17(14)21;/h4-9,15,22-23H,3,10-12H2,1-2H3;1H. The molecule has 0 amide bonds. The van der Waals surface area contributed by atoms with E-state index >= 15 is 0 Å². The van der Waals surface area contributed by atoms with Gasteiger partial charge < -0.3 is 19.9 Å². The molecule has 2 rings (SSSR count). The SMILES string of the molecule is CCC(CO)NCc1cc(Br)c(OCc2ccccc2Cl)c(OC)c1.Cl. The summed E-state index contributed by atoms with van der Waals surface area (Å²) in [5.41, 5.74) is 1.96. The summed E-state index contributed by atoms with van der Waals surface area (Å²) in [4.78, 5) is 0. The topological polar surface area (TPSA) is 50.7 Å². The van der Waals surface area contributed by atoms with E-state index in [0.29, 0.717) is 29.7 Å². The van der Waals surface area contributed by atoms with E-state index in [4.69, 9.17) is 21.1 Å². The molecule has 4 nitrogen and oxygen atoms in total. The second kappa shape index (κ2) is 11.7. The Morgan fingerprint density at radius 2 is 2.00 bits per heavy atom. The monoisotopic (exact) mass is 463 g/mol. The van der Waals surface area contributed by atoms with Crippen molar-refractivity contribution in [3.8, 4) is 11.5 Å². The first-order valence-electron chi connectivity index (χ1n) is 8.15. The number of aliphatic hydroxyl groups is 1. The van der Waals surface area contributed by atoms with Crippen LogP contribution in [-0.4, -0.2) is 24.9 Å². The normalized spacial score (nSPS) is 11.6. The highest BCUT2D eigenvalue weighted by Gasteiger charge is 2.13. The van der Waals surface area contributed by atoms with E-state index in [-0.39, 0.29) is 25.1 Å². The van der Waals surface area contributed by atoms with Gasteiger partial charge in [0.2, 0.25) is 0 Å². The van der Waals surface area contributed by atoms with Gasteiger partial charge in [-0.25, -0.2) is 0 Å². The average molecular weight is 465 g/mol. The fraction of sp³-hybridized carbons (Fsp3) is 0.368. The third kappa shape index (κ3) is 6.32. The summed E-state index contributed by atoms with van der Waals surface area (Å²) in [7, 11) is 1.61. The Morgan fingerprint density at radius 1 is 1.27 bits per heavy atom. The van der Waals surface area contributed by atoms with E-state index in [2.05, 4.69) is 21.2 Å². The number of halogens is 3. The molecule has 0 heterocycles. The summed E-state index contributed by atoms with van der Waals surface area (Å²) in [6, 6.07) is 11.6. The molecular weight excluding hydrogens is 441 g/mol. The number of rotatable bonds is 9. The van der Waals surface area contributed by atoms with Crippen molar-refractivity contribution in [2.24, 2.45) is 0 Å². The maximum atomic E-state index is 9.28. The predicted molar refractivity (Wildman–Crippen MR) is 112 cm³/mol. The van der Waals surface area contributed by atoms with Gasteiger partial charge in [0, 0.05) is 23.2 Å². The molecule has 0 aliphatic rings. The summed E-state index contributed by atoms with van der Waals surface area (Å²) < 4.78 is 12.2. The molecule has 1 unspecified atom stereocenters. The van der Waals surface area contributed by atoms with Gasteiger partial charge in [0.1, 0.15) is 6.61 Å². The maximum Gasteiger partial charge on any atom is 0.175 e. The van der Waals surface area contributed by atoms with Gasteiger partial charge in [-0.05, 0) is 46.1 Å². The minimum Gasteiger partial charge on any atom is -0.493 e. The van der Waals surface area contributed by atoms with E-state index in [9.17, 15) is 5.11 Å². The van der Waals surface area contributed by atoms with Crippen molar-refractivity contribution >= 4 is 39.9 Å². The van der Waals surface area contributed by atoms with Crippen molar-refractivity contribution in [3.63, 3.8) is 0 Å². The Balaban J connectivity index is 0.00000338. The number of methoxy groups -OCH3 is 1. The fourth-order valence-corrected chi connectivity index (χ4v) is 3.18. The largest absolute Gasteiger partial charge is 0.493 e. The summed E-state index contributed by atoms with van der Waals surface area (Å²) >= 11 is 9.73. The molecule has 144 valence electrons. The van der Waals surface area contributed by atoms with Gasteiger partial charge in [0.05, 0.1) is 18.2 Å². The van der Waals surface area contributed by atoms with Gasteiger partial charge in [-0.15, -0.1) is 12.4 Å². The molecule has 0 saturated heterocycles. The molecule has 0 aliphatic carbocycles. The van der Waals surface area contributed by atoms with Gasteiger partial charge in [-0.2, -0.15) is 0 Å². The molecule has 1 atom stereocenters. The van der Waals surface area contributed by atoms with Crippen LogP contribution in [0.1, 0.15) is 24.5 Å². The van der Waals surface area contributed by atoms with Gasteiger partial charge in [0.15, 0.2) is 11.5 Å². The van der Waals surface area contributed by atoms with Crippen LogP contribution in [0.5, 0.6) is 11.5 Å². The fourth-order valence-electron chi connectivity index (χ4n) is 2.38. The quantitative estimate of drug-likeness (QED) is 0.549. The minimum atomic E-state index is 0. The van der Waals surface area contributed by atoms with E-state index in [1.165, 1.54) is 0 Å². The molecule has 0 radical (unpaired) electrons. The molecule has 7 heteroatoms. The van der Waals surface area contributed by atoms with E-state index < -0.39 is 0 Å². The van der Waals surface area contributed by atoms with Crippen molar-refractivity contribution in [2.75, 3.05) is 13.7 Å². The van der Waals surface area contributed by atoms with Crippen LogP contribution in [0.2, 0.25) is 5.02 Å². The first-order chi connectivity index (χ1) is 12.1. The summed E-state index contributed by atoms with van der Waals surface area (Å²) in [6.45, 7) is 3.15. The van der Waals surface area contributed by atoms with Crippen LogP contribution < -0.4 is 14.8 Å². The Hall–Kier alpha value is -0.980. The van der Waals surface area contributed by atoms with Crippen LogP contribution >= 0.6 is 39.9 Å². The van der Waals surface area contributed by atoms with Crippen molar-refractivity contribution in [1.29, 1.82) is 0 Å². The highest BCUT2D eigenvalue weighted by molar-refractivity contribution is 9.10. The molecule has 0 bridgehead atoms. The average Bonchev–Trinajstić information content (AvgIpc) is 2.62. The number of hydrogen-bond acceptors (Lipinski definition) is 4. The number of benzene rings is 2. The van der Waals surface area contributed by atoms with Crippen LogP contribution in [0.25, 0.3) is 0 Å². The number of hydrogen-bond donors (Lipinski definition) is 2. The van der Waals surface area contributed by atoms with Crippen LogP contribution in [-0.2, 0) is 13.2 Å². The Labute approximate surface area is 174 Å². The smallest absolute Gasteiger partial charge is 0.175 e. The third-order valence-corrected chi connectivity index (χ3v) is 4.88. The molecule has 2 aromatic carbocycles. The van der Waals surface area contributed by atoms with Crippen molar-refractivity contribution < 1.29 is 14.6 Å². The number of aliphatic hydroxyl groups excluding tert-OH is 1. The Bertz CT molecular complexity index is 696. The molecule has 0 spiro atoms. The van der Waals surface area contributed by atoms with Crippen molar-refractivity contribution in [2.45, 2.75) is 32.5 Å². The molecular formula is C19H24BrCl2NO3. The third-order valence-electron chi connectivity index (χ3n) is 3.93. The predicted octanol–water partition coefficient (Wildman–Crippen LogP) is 4.97. The van der Waals surface area contributed by atoms with Crippen LogP contribution in [0.3, 0.4) is 0 Å². The van der Waals surface area contributed by atoms with E-state index in [0.717, 1.165) is 22.0 Å². The van der Waals surface area contributed by atoms with Gasteiger partial charge in [0.25, 0.3) is 0 Å². The maximum absolute atomic E-state index is 9.28. The zero-order chi connectivity index (χ0) is 18.2. The molecule has 0 aromatic heterocycles. The van der Waals surface area contributed by atoms with Crippen LogP contribution in [0.15, 0.2) is 40.9 Å². The Kier molecular flexibility index (Phi) is 10.4. The van der Waals surface area contributed by atoms with Gasteiger partial charge in [-0.3, -0.25) is 0 Å². The van der Waals surface area contributed by atoms with Crippen molar-refractivity contribution in [3.05, 3.63) is 57.0 Å². The second-order valence-corrected chi connectivity index (χ2v) is 6.92. The first kappa shape index (κ1) is 23.1. The second-order valence-electron chi connectivity index (χ2n) is 5.66. The van der Waals surface area contributed by atoms with E-state index in [1.807, 2.05) is 43.3 Å². The molecule has 2 aromatic rings. The summed E-state index contributed by atoms with van der Waals surface area (Å²) in [5.74, 6) is 1.29. The van der Waals surface area contributed by atoms with Crippen LogP contribution in [0.4, 0.5) is 0 Å². The lowest BCUT2D eigenvalue weighted by Crippen LogP contribution is -2.31. The minimum absolute atomic E-state index is 0. The van der Waals surface area contributed by atoms with Gasteiger partial charge >= 0.3 is 0 Å². The summed E-state index contributed by atoms with van der Waals surface area (Å²) in [6.07, 6.45) is 0.869. The summed E-state index contributed by atoms with van der Waals surface area (Å²) in [5, 5.41) is 13.3. The highest BCUT2D eigenvalue weighted by Crippen LogP contribution is 2.37. The number of nitrogens with one attached hydrogen (secondary N) is 1. The lowest BCUT2D eigenvalue weighted by Gasteiger charge is -2.17. The molecule has 26 heavy (non-hydrogen) atoms. The Morgan fingerprint density at radius 3 is 2.62 bits per heavy atom. The van der Waals surface area contributed by atoms with Gasteiger partial charge in [-0.1, -0.05) is 36.7 Å². The first-order valence-corrected chi connectivity index (χ1v) is 9.33. The zero-order valence-corrected chi connectivity index (χ0v) is 18.0. The molecule has 0 fully saturated rings. The van der Waals surface area contributed by atoms with Crippen LogP contribution in [0, 0.1) is 0 Å². The number of ether oxygens (including phenoxy) is 2. The lowest BCUT2D eigenvalue weighted by molar-refractivity contribution is 0.238. The molecule has 2 N–H and O–H groups in total. The molecule has 0 saturated carbocycles. The zero-order valence-electron chi connectivity index (χ0n) is 14.8. The lowest BCUT2D eigenvalue weighted by atomic mass is 10.1. The van der Waals surface area contributed by atoms with Crippen molar-refractivity contribution in [1.82, 2.24) is 5.32 Å². The van der Waals surface area contributed by atoms with E-state index in [1.54, 1.807) is 7.11 Å². The molecule has 0 aliphatic heterocycles. The highest BCUT2D eigenvalue weighted by atomic mass is 79.9.